The van der Waals surface area contributed by atoms with E-state index in [1.54, 1.807) is 37.4 Å². The summed E-state index contributed by atoms with van der Waals surface area (Å²) in [5.41, 5.74) is 4.23. The molecule has 31 heavy (non-hydrogen) atoms. The van der Waals surface area contributed by atoms with Crippen LogP contribution in [0.1, 0.15) is 21.7 Å². The number of benzene rings is 3. The van der Waals surface area contributed by atoms with Crippen LogP contribution in [0, 0.1) is 0 Å². The van der Waals surface area contributed by atoms with Crippen LogP contribution in [0.15, 0.2) is 88.8 Å². The third-order valence-electron chi connectivity index (χ3n) is 4.76. The third-order valence-corrected chi connectivity index (χ3v) is 4.76. The predicted molar refractivity (Wildman–Crippen MR) is 120 cm³/mol. The van der Waals surface area contributed by atoms with E-state index in [0.717, 1.165) is 5.56 Å². The van der Waals surface area contributed by atoms with Gasteiger partial charge < -0.3 is 4.74 Å². The average Bonchev–Trinajstić information content (AvgIpc) is 2.81. The lowest BCUT2D eigenvalue weighted by atomic mass is 10.2. The number of hydrazone groups is 1. The van der Waals surface area contributed by atoms with E-state index in [1.165, 1.54) is 10.8 Å². The zero-order valence-electron chi connectivity index (χ0n) is 16.9. The zero-order valence-corrected chi connectivity index (χ0v) is 16.9. The van der Waals surface area contributed by atoms with Gasteiger partial charge in [0.15, 0.2) is 0 Å². The van der Waals surface area contributed by atoms with Gasteiger partial charge >= 0.3 is 5.91 Å². The van der Waals surface area contributed by atoms with E-state index in [9.17, 15) is 9.59 Å². The van der Waals surface area contributed by atoms with Gasteiger partial charge in [-0.1, -0.05) is 54.6 Å². The van der Waals surface area contributed by atoms with E-state index in [0.29, 0.717) is 22.2 Å². The lowest BCUT2D eigenvalue weighted by molar-refractivity contribution is 0.0939. The van der Waals surface area contributed by atoms with Gasteiger partial charge in [-0.25, -0.2) is 10.4 Å². The third kappa shape index (κ3) is 4.35. The Morgan fingerprint density at radius 2 is 1.74 bits per heavy atom. The molecule has 0 saturated carbocycles. The summed E-state index contributed by atoms with van der Waals surface area (Å²) in [6, 6.07) is 23.7. The van der Waals surface area contributed by atoms with Crippen molar-refractivity contribution in [2.45, 2.75) is 6.54 Å². The Morgan fingerprint density at radius 3 is 2.55 bits per heavy atom. The Balaban J connectivity index is 1.69. The first kappa shape index (κ1) is 20.0. The summed E-state index contributed by atoms with van der Waals surface area (Å²) in [6.07, 6.45) is 1.48. The number of nitrogens with zero attached hydrogens (tertiary/aromatic N) is 3. The molecule has 0 radical (unpaired) electrons. The number of carbonyl (C=O) groups excluding carboxylic acids is 1. The monoisotopic (exact) mass is 412 g/mol. The molecule has 3 aromatic carbocycles. The number of carbonyl (C=O) groups is 1. The fourth-order valence-corrected chi connectivity index (χ4v) is 3.24. The van der Waals surface area contributed by atoms with Crippen LogP contribution in [0.25, 0.3) is 10.9 Å². The maximum absolute atomic E-state index is 13.1. The minimum Gasteiger partial charge on any atom is -0.496 e. The summed E-state index contributed by atoms with van der Waals surface area (Å²) in [5.74, 6) is 0.0416. The molecular formula is C24H20N4O3. The topological polar surface area (TPSA) is 85.6 Å². The molecule has 0 spiro atoms. The van der Waals surface area contributed by atoms with Crippen LogP contribution < -0.4 is 15.7 Å². The zero-order chi connectivity index (χ0) is 21.6. The summed E-state index contributed by atoms with van der Waals surface area (Å²) in [6.45, 7) is 0.219. The van der Waals surface area contributed by atoms with Crippen molar-refractivity contribution in [3.05, 3.63) is 106 Å². The van der Waals surface area contributed by atoms with E-state index < -0.39 is 5.91 Å². The molecule has 0 saturated heterocycles. The molecule has 7 heteroatoms. The molecule has 0 unspecified atom stereocenters. The number of aromatic nitrogens is 2. The smallest absolute Gasteiger partial charge is 0.307 e. The molecule has 1 aromatic heterocycles. The van der Waals surface area contributed by atoms with Gasteiger partial charge in [-0.3, -0.25) is 14.2 Å². The fraction of sp³-hybridized carbons (Fsp3) is 0.0833. The molecule has 4 aromatic rings. The van der Waals surface area contributed by atoms with Crippen molar-refractivity contribution < 1.29 is 9.53 Å². The van der Waals surface area contributed by atoms with Crippen LogP contribution in [-0.2, 0) is 6.54 Å². The number of nitrogens with one attached hydrogen (secondary N) is 1. The second-order valence-corrected chi connectivity index (χ2v) is 6.77. The number of para-hydroxylation sites is 2. The highest BCUT2D eigenvalue weighted by molar-refractivity contribution is 5.94. The molecule has 0 aliphatic heterocycles. The summed E-state index contributed by atoms with van der Waals surface area (Å²) in [5, 5.41) is 4.48. The molecule has 0 bridgehead atoms. The van der Waals surface area contributed by atoms with Crippen LogP contribution in [-0.4, -0.2) is 28.8 Å². The van der Waals surface area contributed by atoms with Crippen molar-refractivity contribution in [3.63, 3.8) is 0 Å². The first-order valence-corrected chi connectivity index (χ1v) is 9.67. The molecule has 4 rings (SSSR count). The van der Waals surface area contributed by atoms with Gasteiger partial charge in [0.25, 0.3) is 5.56 Å². The number of fused-ring (bicyclic) bond motifs is 1. The molecule has 0 aliphatic rings. The number of hydrogen-bond donors (Lipinski definition) is 1. The van der Waals surface area contributed by atoms with E-state index in [-0.39, 0.29) is 17.9 Å². The van der Waals surface area contributed by atoms with Crippen LogP contribution in [0.2, 0.25) is 0 Å². The Hall–Kier alpha value is -4.26. The number of rotatable bonds is 6. The van der Waals surface area contributed by atoms with Crippen LogP contribution in [0.5, 0.6) is 5.75 Å². The van der Waals surface area contributed by atoms with Gasteiger partial charge in [-0.2, -0.15) is 5.10 Å². The minimum atomic E-state index is -0.579. The fourth-order valence-electron chi connectivity index (χ4n) is 3.24. The summed E-state index contributed by atoms with van der Waals surface area (Å²) in [4.78, 5) is 30.5. The largest absolute Gasteiger partial charge is 0.496 e. The Morgan fingerprint density at radius 1 is 1.03 bits per heavy atom. The van der Waals surface area contributed by atoms with Crippen molar-refractivity contribution in [2.24, 2.45) is 5.10 Å². The lowest BCUT2D eigenvalue weighted by Crippen LogP contribution is -2.32. The molecule has 1 N–H and O–H groups in total. The van der Waals surface area contributed by atoms with Gasteiger partial charge in [0.05, 0.1) is 30.8 Å². The van der Waals surface area contributed by atoms with Crippen molar-refractivity contribution in [1.29, 1.82) is 0 Å². The van der Waals surface area contributed by atoms with Crippen molar-refractivity contribution in [2.75, 3.05) is 7.11 Å². The van der Waals surface area contributed by atoms with Crippen LogP contribution in [0.4, 0.5) is 0 Å². The normalized spacial score (nSPS) is 11.0. The van der Waals surface area contributed by atoms with Crippen molar-refractivity contribution in [1.82, 2.24) is 15.0 Å². The first-order valence-electron chi connectivity index (χ1n) is 9.67. The molecule has 7 nitrogen and oxygen atoms in total. The molecule has 0 aliphatic carbocycles. The van der Waals surface area contributed by atoms with E-state index in [2.05, 4.69) is 15.5 Å². The number of methoxy groups -OCH3 is 1. The average molecular weight is 412 g/mol. The van der Waals surface area contributed by atoms with E-state index in [4.69, 9.17) is 4.74 Å². The SMILES string of the molecule is COc1ccccc1/C=N\NC(=O)c1nc2ccccc2c(=O)n1Cc1ccccc1. The number of amides is 1. The number of ether oxygens (including phenoxy) is 1. The van der Waals surface area contributed by atoms with Crippen LogP contribution >= 0.6 is 0 Å². The maximum Gasteiger partial charge on any atom is 0.307 e. The Labute approximate surface area is 178 Å². The van der Waals surface area contributed by atoms with Crippen LogP contribution in [0.3, 0.4) is 0 Å². The lowest BCUT2D eigenvalue weighted by Gasteiger charge is -2.12. The summed E-state index contributed by atoms with van der Waals surface area (Å²) >= 11 is 0. The predicted octanol–water partition coefficient (Wildman–Crippen LogP) is 3.22. The Bertz CT molecular complexity index is 1310. The molecule has 1 amide bonds. The van der Waals surface area contributed by atoms with Crippen molar-refractivity contribution in [3.8, 4) is 5.75 Å². The highest BCUT2D eigenvalue weighted by Crippen LogP contribution is 2.14. The minimum absolute atomic E-state index is 0.00951. The van der Waals surface area contributed by atoms with Crippen molar-refractivity contribution >= 4 is 23.0 Å². The molecule has 1 heterocycles. The van der Waals surface area contributed by atoms with Gasteiger partial charge in [-0.05, 0) is 29.8 Å². The highest BCUT2D eigenvalue weighted by Gasteiger charge is 2.17. The second-order valence-electron chi connectivity index (χ2n) is 6.77. The second kappa shape index (κ2) is 9.04. The van der Waals surface area contributed by atoms with Gasteiger partial charge in [-0.15, -0.1) is 0 Å². The summed E-state index contributed by atoms with van der Waals surface area (Å²) in [7, 11) is 1.56. The van der Waals surface area contributed by atoms with Gasteiger partial charge in [0.1, 0.15) is 5.75 Å². The molecule has 154 valence electrons. The van der Waals surface area contributed by atoms with E-state index >= 15 is 0 Å². The summed E-state index contributed by atoms with van der Waals surface area (Å²) < 4.78 is 6.64. The molecule has 0 atom stereocenters. The standard InChI is InChI=1S/C24H20N4O3/c1-31-21-14-8-5-11-18(21)15-25-27-23(29)22-26-20-13-7-6-12-19(20)24(30)28(22)16-17-9-3-2-4-10-17/h2-15H,16H2,1H3,(H,27,29)/b25-15-. The van der Waals surface area contributed by atoms with Gasteiger partial charge in [0, 0.05) is 5.56 Å². The maximum atomic E-state index is 13.1. The molecular weight excluding hydrogens is 392 g/mol. The first-order chi connectivity index (χ1) is 15.2. The number of hydrogen-bond acceptors (Lipinski definition) is 5. The van der Waals surface area contributed by atoms with E-state index in [1.807, 2.05) is 48.5 Å². The highest BCUT2D eigenvalue weighted by atomic mass is 16.5. The van der Waals surface area contributed by atoms with Gasteiger partial charge in [0.2, 0.25) is 5.82 Å². The molecule has 0 fully saturated rings. The quantitative estimate of drug-likeness (QED) is 0.389. The Kier molecular flexibility index (Phi) is 5.84.